The lowest BCUT2D eigenvalue weighted by Gasteiger charge is -2.40. The Bertz CT molecular complexity index is 1700. The molecule has 2 aliphatic rings. The molecule has 1 aliphatic carbocycles. The zero-order valence-corrected chi connectivity index (χ0v) is 23.1. The SMILES string of the molecule is COc1ccc2[nH]c(C)c(CC(=O)N3CCN(CC4CC4)CC3c3ncc(-c4ccc5ccccc5c4)[nH]3)c2c1. The van der Waals surface area contributed by atoms with Crippen molar-refractivity contribution in [3.8, 4) is 17.0 Å². The van der Waals surface area contributed by atoms with Gasteiger partial charge in [-0.25, -0.2) is 4.98 Å². The third kappa shape index (κ3) is 4.75. The van der Waals surface area contributed by atoms with E-state index in [9.17, 15) is 4.79 Å². The summed E-state index contributed by atoms with van der Waals surface area (Å²) >= 11 is 0. The van der Waals surface area contributed by atoms with E-state index in [0.717, 1.165) is 70.5 Å². The molecule has 7 heteroatoms. The fourth-order valence-corrected chi connectivity index (χ4v) is 6.18. The first kappa shape index (κ1) is 24.9. The Kier molecular flexibility index (Phi) is 6.31. The number of hydrogen-bond donors (Lipinski definition) is 2. The van der Waals surface area contributed by atoms with Gasteiger partial charge in [0.05, 0.1) is 25.4 Å². The lowest BCUT2D eigenvalue weighted by atomic mass is 10.0. The zero-order chi connectivity index (χ0) is 27.2. The molecule has 1 amide bonds. The van der Waals surface area contributed by atoms with Crippen LogP contribution in [0.3, 0.4) is 0 Å². The number of methoxy groups -OCH3 is 1. The second kappa shape index (κ2) is 10.1. The number of rotatable bonds is 7. The lowest BCUT2D eigenvalue weighted by Crippen LogP contribution is -2.51. The number of fused-ring (bicyclic) bond motifs is 2. The van der Waals surface area contributed by atoms with Gasteiger partial charge in [0.25, 0.3) is 0 Å². The second-order valence-corrected chi connectivity index (χ2v) is 11.4. The number of aromatic amines is 2. The van der Waals surface area contributed by atoms with E-state index in [2.05, 4.69) is 57.3 Å². The molecule has 3 aromatic carbocycles. The molecule has 0 bridgehead atoms. The molecule has 1 unspecified atom stereocenters. The minimum absolute atomic E-state index is 0.116. The highest BCUT2D eigenvalue weighted by Crippen LogP contribution is 2.34. The van der Waals surface area contributed by atoms with Crippen molar-refractivity contribution in [3.63, 3.8) is 0 Å². The summed E-state index contributed by atoms with van der Waals surface area (Å²) in [5.74, 6) is 2.58. The highest BCUT2D eigenvalue weighted by Gasteiger charge is 2.36. The number of aryl methyl sites for hydroxylation is 1. The van der Waals surface area contributed by atoms with E-state index in [4.69, 9.17) is 9.72 Å². The van der Waals surface area contributed by atoms with Gasteiger partial charge in [-0.15, -0.1) is 0 Å². The predicted octanol–water partition coefficient (Wildman–Crippen LogP) is 5.87. The Hall–Kier alpha value is -4.10. The van der Waals surface area contributed by atoms with Gasteiger partial charge in [0.2, 0.25) is 5.91 Å². The van der Waals surface area contributed by atoms with Crippen LogP contribution in [0.4, 0.5) is 0 Å². The minimum atomic E-state index is -0.116. The monoisotopic (exact) mass is 533 g/mol. The number of carbonyl (C=O) groups is 1. The van der Waals surface area contributed by atoms with Crippen LogP contribution in [0, 0.1) is 12.8 Å². The molecule has 204 valence electrons. The number of nitrogens with zero attached hydrogens (tertiary/aromatic N) is 3. The van der Waals surface area contributed by atoms with Crippen LogP contribution in [-0.2, 0) is 11.2 Å². The molecule has 7 rings (SSSR count). The van der Waals surface area contributed by atoms with Crippen molar-refractivity contribution in [2.45, 2.75) is 32.2 Å². The number of carbonyl (C=O) groups excluding carboxylic acids is 1. The third-order valence-corrected chi connectivity index (χ3v) is 8.62. The van der Waals surface area contributed by atoms with Crippen LogP contribution < -0.4 is 4.74 Å². The molecule has 0 radical (unpaired) electrons. The van der Waals surface area contributed by atoms with Gasteiger partial charge in [0.1, 0.15) is 17.6 Å². The van der Waals surface area contributed by atoms with Crippen LogP contribution in [0.1, 0.15) is 36.0 Å². The van der Waals surface area contributed by atoms with Gasteiger partial charge in [0.15, 0.2) is 0 Å². The summed E-state index contributed by atoms with van der Waals surface area (Å²) in [6, 6.07) is 20.7. The number of piperazine rings is 1. The Balaban J connectivity index is 1.18. The first-order valence-electron chi connectivity index (χ1n) is 14.3. The highest BCUT2D eigenvalue weighted by atomic mass is 16.5. The van der Waals surface area contributed by atoms with Gasteiger partial charge in [-0.1, -0.05) is 36.4 Å². The summed E-state index contributed by atoms with van der Waals surface area (Å²) in [6.07, 6.45) is 4.90. The number of aromatic nitrogens is 3. The smallest absolute Gasteiger partial charge is 0.227 e. The van der Waals surface area contributed by atoms with E-state index in [1.165, 1.54) is 23.6 Å². The van der Waals surface area contributed by atoms with Crippen LogP contribution in [0.2, 0.25) is 0 Å². The minimum Gasteiger partial charge on any atom is -0.497 e. The van der Waals surface area contributed by atoms with E-state index in [-0.39, 0.29) is 11.9 Å². The fourth-order valence-electron chi connectivity index (χ4n) is 6.18. The Morgan fingerprint density at radius 1 is 1.02 bits per heavy atom. The van der Waals surface area contributed by atoms with E-state index in [1.54, 1.807) is 7.11 Å². The maximum absolute atomic E-state index is 14.0. The quantitative estimate of drug-likeness (QED) is 0.275. The van der Waals surface area contributed by atoms with Crippen molar-refractivity contribution in [2.75, 3.05) is 33.3 Å². The van der Waals surface area contributed by atoms with Crippen LogP contribution in [0.25, 0.3) is 32.9 Å². The maximum atomic E-state index is 14.0. The van der Waals surface area contributed by atoms with Crippen molar-refractivity contribution in [3.05, 3.63) is 83.9 Å². The Labute approximate surface area is 234 Å². The molecule has 1 atom stereocenters. The number of H-pyrrole nitrogens is 2. The first-order chi connectivity index (χ1) is 19.6. The molecular formula is C33H35N5O2. The molecule has 1 aliphatic heterocycles. The number of ether oxygens (including phenoxy) is 1. The molecule has 1 saturated heterocycles. The first-order valence-corrected chi connectivity index (χ1v) is 14.3. The van der Waals surface area contributed by atoms with E-state index in [0.29, 0.717) is 13.0 Å². The van der Waals surface area contributed by atoms with Crippen LogP contribution >= 0.6 is 0 Å². The topological polar surface area (TPSA) is 77.2 Å². The van der Waals surface area contributed by atoms with Crippen molar-refractivity contribution < 1.29 is 9.53 Å². The summed E-state index contributed by atoms with van der Waals surface area (Å²) in [5.41, 5.74) is 5.17. The van der Waals surface area contributed by atoms with Gasteiger partial charge >= 0.3 is 0 Å². The maximum Gasteiger partial charge on any atom is 0.227 e. The summed E-state index contributed by atoms with van der Waals surface area (Å²) in [7, 11) is 1.67. The van der Waals surface area contributed by atoms with Crippen molar-refractivity contribution in [1.29, 1.82) is 0 Å². The molecule has 40 heavy (non-hydrogen) atoms. The zero-order valence-electron chi connectivity index (χ0n) is 23.1. The van der Waals surface area contributed by atoms with E-state index < -0.39 is 0 Å². The molecule has 7 nitrogen and oxygen atoms in total. The molecule has 0 spiro atoms. The van der Waals surface area contributed by atoms with Gasteiger partial charge in [-0.3, -0.25) is 9.69 Å². The molecule has 2 N–H and O–H groups in total. The average Bonchev–Trinajstić information content (AvgIpc) is 3.56. The second-order valence-electron chi connectivity index (χ2n) is 11.4. The number of amides is 1. The molecule has 3 heterocycles. The molecular weight excluding hydrogens is 498 g/mol. The van der Waals surface area contributed by atoms with Crippen LogP contribution in [-0.4, -0.2) is 63.9 Å². The highest BCUT2D eigenvalue weighted by molar-refractivity contribution is 5.91. The summed E-state index contributed by atoms with van der Waals surface area (Å²) in [5, 5.41) is 3.47. The number of hydrogen-bond acceptors (Lipinski definition) is 4. The van der Waals surface area contributed by atoms with Crippen LogP contribution in [0.15, 0.2) is 66.9 Å². The van der Waals surface area contributed by atoms with Gasteiger partial charge in [-0.2, -0.15) is 0 Å². The van der Waals surface area contributed by atoms with Crippen molar-refractivity contribution >= 4 is 27.6 Å². The molecule has 2 fully saturated rings. The largest absolute Gasteiger partial charge is 0.497 e. The molecule has 5 aromatic rings. The average molecular weight is 534 g/mol. The summed E-state index contributed by atoms with van der Waals surface area (Å²) in [4.78, 5) is 30.4. The standard InChI is InChI=1S/C33H35N5O2/c1-21-27(28-16-26(40-2)11-12-29(28)35-21)17-32(39)38-14-13-37(19-22-7-8-22)20-31(38)33-34-18-30(36-33)25-10-9-23-5-3-4-6-24(23)15-25/h3-6,9-12,15-16,18,22,31,35H,7-8,13-14,17,19-20H2,1-2H3,(H,34,36). The Morgan fingerprint density at radius 2 is 1.88 bits per heavy atom. The van der Waals surface area contributed by atoms with Gasteiger partial charge in [0, 0.05) is 48.3 Å². The molecule has 2 aromatic heterocycles. The predicted molar refractivity (Wildman–Crippen MR) is 158 cm³/mol. The normalized spacial score (nSPS) is 18.1. The third-order valence-electron chi connectivity index (χ3n) is 8.62. The summed E-state index contributed by atoms with van der Waals surface area (Å²) in [6.45, 7) is 5.55. The van der Waals surface area contributed by atoms with E-state index >= 15 is 0 Å². The number of nitrogens with one attached hydrogen (secondary N) is 2. The van der Waals surface area contributed by atoms with Gasteiger partial charge in [-0.05, 0) is 66.3 Å². The number of benzene rings is 3. The van der Waals surface area contributed by atoms with Crippen molar-refractivity contribution in [1.82, 2.24) is 24.8 Å². The lowest BCUT2D eigenvalue weighted by molar-refractivity contribution is -0.136. The van der Waals surface area contributed by atoms with E-state index in [1.807, 2.05) is 36.2 Å². The Morgan fingerprint density at radius 3 is 2.70 bits per heavy atom. The fraction of sp³-hybridized carbons (Fsp3) is 0.333. The summed E-state index contributed by atoms with van der Waals surface area (Å²) < 4.78 is 5.47. The van der Waals surface area contributed by atoms with Crippen molar-refractivity contribution in [2.24, 2.45) is 5.92 Å². The molecule has 1 saturated carbocycles. The number of imidazole rings is 1. The van der Waals surface area contributed by atoms with Gasteiger partial charge < -0.3 is 19.6 Å². The van der Waals surface area contributed by atoms with Crippen LogP contribution in [0.5, 0.6) is 5.75 Å².